The van der Waals surface area contributed by atoms with E-state index in [1.165, 1.54) is 17.7 Å². The van der Waals surface area contributed by atoms with Gasteiger partial charge in [-0.3, -0.25) is 4.72 Å². The zero-order chi connectivity index (χ0) is 24.4. The number of ether oxygens (including phenoxy) is 1. The lowest BCUT2D eigenvalue weighted by Crippen LogP contribution is -2.13. The number of hydrogen-bond donors (Lipinski definition) is 1. The summed E-state index contributed by atoms with van der Waals surface area (Å²) in [5, 5.41) is 0. The topological polar surface area (TPSA) is 73.2 Å². The molecule has 0 fully saturated rings. The minimum atomic E-state index is -3.76. The fraction of sp³-hybridized carbons (Fsp3) is 0.107. The highest BCUT2D eigenvalue weighted by atomic mass is 32.2. The summed E-state index contributed by atoms with van der Waals surface area (Å²) in [7, 11) is -2.22. The van der Waals surface area contributed by atoms with Crippen LogP contribution in [0.4, 0.5) is 5.69 Å². The normalized spacial score (nSPS) is 11.5. The van der Waals surface area contributed by atoms with Gasteiger partial charge in [-0.15, -0.1) is 0 Å². The Bertz CT molecular complexity index is 1590. The summed E-state index contributed by atoms with van der Waals surface area (Å²) in [4.78, 5) is 5.05. The van der Waals surface area contributed by atoms with Gasteiger partial charge in [-0.05, 0) is 61.0 Å². The van der Waals surface area contributed by atoms with Gasteiger partial charge in [-0.25, -0.2) is 13.4 Å². The number of para-hydroxylation sites is 2. The molecule has 0 bridgehead atoms. The van der Waals surface area contributed by atoms with Crippen LogP contribution in [0, 0.1) is 6.92 Å². The third-order valence-electron chi connectivity index (χ3n) is 5.86. The molecule has 0 amide bonds. The molecule has 0 radical (unpaired) electrons. The summed E-state index contributed by atoms with van der Waals surface area (Å²) in [6.07, 6.45) is 0. The quantitative estimate of drug-likeness (QED) is 0.314. The number of aryl methyl sites for hydroxylation is 1. The molecule has 0 aliphatic carbocycles. The third-order valence-corrected chi connectivity index (χ3v) is 7.26. The van der Waals surface area contributed by atoms with Crippen molar-refractivity contribution in [1.82, 2.24) is 9.55 Å². The summed E-state index contributed by atoms with van der Waals surface area (Å²) in [5.74, 6) is 1.37. The van der Waals surface area contributed by atoms with Gasteiger partial charge in [0.25, 0.3) is 10.0 Å². The molecule has 1 heterocycles. The number of methoxy groups -OCH3 is 1. The lowest BCUT2D eigenvalue weighted by molar-refractivity contribution is 0.414. The number of aromatic nitrogens is 2. The predicted molar refractivity (Wildman–Crippen MR) is 139 cm³/mol. The number of sulfonamides is 1. The minimum absolute atomic E-state index is 0.162. The molecule has 0 unspecified atom stereocenters. The molecular weight excluding hydrogens is 458 g/mol. The number of hydrogen-bond acceptors (Lipinski definition) is 4. The number of imidazole rings is 1. The maximum atomic E-state index is 13.0. The predicted octanol–water partition coefficient (Wildman–Crippen LogP) is 5.87. The maximum absolute atomic E-state index is 13.0. The monoisotopic (exact) mass is 483 g/mol. The molecule has 0 saturated heterocycles. The Labute approximate surface area is 204 Å². The number of anilines is 1. The third kappa shape index (κ3) is 4.76. The van der Waals surface area contributed by atoms with Crippen molar-refractivity contribution < 1.29 is 13.2 Å². The molecule has 176 valence electrons. The van der Waals surface area contributed by atoms with E-state index in [1.807, 2.05) is 36.4 Å². The first-order chi connectivity index (χ1) is 16.9. The molecule has 0 saturated carbocycles. The molecule has 5 rings (SSSR count). The Morgan fingerprint density at radius 3 is 2.37 bits per heavy atom. The number of nitrogens with zero attached hydrogens (tertiary/aromatic N) is 2. The fourth-order valence-electron chi connectivity index (χ4n) is 4.02. The lowest BCUT2D eigenvalue weighted by Gasteiger charge is -2.12. The SMILES string of the molecule is COc1ccc(S(=O)(=O)Nc2cccc(-c3nc4ccccc4n3Cc3ccc(C)cc3)c2)cc1. The van der Waals surface area contributed by atoms with Gasteiger partial charge in [0.05, 0.1) is 23.0 Å². The lowest BCUT2D eigenvalue weighted by atomic mass is 10.1. The van der Waals surface area contributed by atoms with E-state index < -0.39 is 10.0 Å². The van der Waals surface area contributed by atoms with Gasteiger partial charge in [-0.2, -0.15) is 0 Å². The van der Waals surface area contributed by atoms with E-state index in [2.05, 4.69) is 46.5 Å². The molecule has 6 nitrogen and oxygen atoms in total. The van der Waals surface area contributed by atoms with E-state index >= 15 is 0 Å². The van der Waals surface area contributed by atoms with Crippen LogP contribution in [0.1, 0.15) is 11.1 Å². The first kappa shape index (κ1) is 22.7. The maximum Gasteiger partial charge on any atom is 0.261 e. The van der Waals surface area contributed by atoms with Gasteiger partial charge >= 0.3 is 0 Å². The minimum Gasteiger partial charge on any atom is -0.497 e. The molecule has 0 spiro atoms. The molecule has 35 heavy (non-hydrogen) atoms. The molecule has 0 atom stereocenters. The molecule has 7 heteroatoms. The fourth-order valence-corrected chi connectivity index (χ4v) is 5.07. The molecule has 0 aliphatic heterocycles. The van der Waals surface area contributed by atoms with E-state index in [0.29, 0.717) is 18.0 Å². The van der Waals surface area contributed by atoms with Crippen LogP contribution in [0.25, 0.3) is 22.4 Å². The summed E-state index contributed by atoms with van der Waals surface area (Å²) in [6, 6.07) is 30.0. The molecule has 0 aliphatic rings. The first-order valence-electron chi connectivity index (χ1n) is 11.2. The Morgan fingerprint density at radius 1 is 0.886 bits per heavy atom. The van der Waals surface area contributed by atoms with Crippen LogP contribution in [0.15, 0.2) is 102 Å². The summed E-state index contributed by atoms with van der Waals surface area (Å²) < 4.78 is 35.9. The van der Waals surface area contributed by atoms with Crippen molar-refractivity contribution in [1.29, 1.82) is 0 Å². The van der Waals surface area contributed by atoms with Crippen molar-refractivity contribution >= 4 is 26.7 Å². The molecule has 1 aromatic heterocycles. The van der Waals surface area contributed by atoms with E-state index in [9.17, 15) is 8.42 Å². The standard InChI is InChI=1S/C28H25N3O3S/c1-20-10-12-21(13-11-20)19-31-27-9-4-3-8-26(27)29-28(31)22-6-5-7-23(18-22)30-35(32,33)25-16-14-24(34-2)15-17-25/h3-18,30H,19H2,1-2H3. The number of rotatable bonds is 7. The van der Waals surface area contributed by atoms with Crippen LogP contribution < -0.4 is 9.46 Å². The van der Waals surface area contributed by atoms with Crippen LogP contribution in [-0.4, -0.2) is 25.1 Å². The average molecular weight is 484 g/mol. The summed E-state index contributed by atoms with van der Waals surface area (Å²) in [6.45, 7) is 2.72. The molecular formula is C28H25N3O3S. The van der Waals surface area contributed by atoms with Gasteiger partial charge in [0, 0.05) is 17.8 Å². The van der Waals surface area contributed by atoms with Gasteiger partial charge in [0.1, 0.15) is 11.6 Å². The van der Waals surface area contributed by atoms with Crippen molar-refractivity contribution in [3.8, 4) is 17.1 Å². The number of nitrogens with one attached hydrogen (secondary N) is 1. The number of benzene rings is 4. The van der Waals surface area contributed by atoms with Crippen LogP contribution in [0.3, 0.4) is 0 Å². The highest BCUT2D eigenvalue weighted by Gasteiger charge is 2.17. The van der Waals surface area contributed by atoms with Crippen molar-refractivity contribution in [2.24, 2.45) is 0 Å². The summed E-state index contributed by atoms with van der Waals surface area (Å²) >= 11 is 0. The van der Waals surface area contributed by atoms with Crippen LogP contribution >= 0.6 is 0 Å². The highest BCUT2D eigenvalue weighted by Crippen LogP contribution is 2.29. The molecule has 1 N–H and O–H groups in total. The average Bonchev–Trinajstić information content (AvgIpc) is 3.24. The smallest absolute Gasteiger partial charge is 0.261 e. The van der Waals surface area contributed by atoms with Gasteiger partial charge in [-0.1, -0.05) is 54.1 Å². The Balaban J connectivity index is 1.51. The van der Waals surface area contributed by atoms with Gasteiger partial charge in [0.15, 0.2) is 0 Å². The van der Waals surface area contributed by atoms with Crippen LogP contribution in [-0.2, 0) is 16.6 Å². The second-order valence-electron chi connectivity index (χ2n) is 8.36. The van der Waals surface area contributed by atoms with Crippen molar-refractivity contribution in [3.05, 3.63) is 108 Å². The van der Waals surface area contributed by atoms with Crippen LogP contribution in [0.2, 0.25) is 0 Å². The van der Waals surface area contributed by atoms with E-state index in [0.717, 1.165) is 28.0 Å². The van der Waals surface area contributed by atoms with Crippen LogP contribution in [0.5, 0.6) is 5.75 Å². The molecule has 4 aromatic carbocycles. The first-order valence-corrected chi connectivity index (χ1v) is 12.7. The van der Waals surface area contributed by atoms with Gasteiger partial charge in [0.2, 0.25) is 0 Å². The van der Waals surface area contributed by atoms with Crippen molar-refractivity contribution in [2.45, 2.75) is 18.4 Å². The Kier molecular flexibility index (Phi) is 6.01. The second kappa shape index (κ2) is 9.27. The van der Waals surface area contributed by atoms with Crippen molar-refractivity contribution in [2.75, 3.05) is 11.8 Å². The summed E-state index contributed by atoms with van der Waals surface area (Å²) in [5.41, 5.74) is 5.57. The van der Waals surface area contributed by atoms with Crippen molar-refractivity contribution in [3.63, 3.8) is 0 Å². The highest BCUT2D eigenvalue weighted by molar-refractivity contribution is 7.92. The second-order valence-corrected chi connectivity index (χ2v) is 10.0. The molecule has 5 aromatic rings. The largest absolute Gasteiger partial charge is 0.497 e. The number of fused-ring (bicyclic) bond motifs is 1. The van der Waals surface area contributed by atoms with E-state index in [4.69, 9.17) is 9.72 Å². The van der Waals surface area contributed by atoms with E-state index in [1.54, 1.807) is 25.3 Å². The van der Waals surface area contributed by atoms with Gasteiger partial charge < -0.3 is 9.30 Å². The Hall–Kier alpha value is -4.10. The zero-order valence-corrected chi connectivity index (χ0v) is 20.3. The zero-order valence-electron chi connectivity index (χ0n) is 19.5. The van der Waals surface area contributed by atoms with E-state index in [-0.39, 0.29) is 4.90 Å². The Morgan fingerprint density at radius 2 is 1.63 bits per heavy atom.